The molecule has 0 aliphatic heterocycles. The predicted molar refractivity (Wildman–Crippen MR) is 114 cm³/mol. The highest BCUT2D eigenvalue weighted by Crippen LogP contribution is 2.30. The van der Waals surface area contributed by atoms with Crippen molar-refractivity contribution in [1.82, 2.24) is 9.97 Å². The summed E-state index contributed by atoms with van der Waals surface area (Å²) in [6, 6.07) is 8.33. The second kappa shape index (κ2) is 9.26. The van der Waals surface area contributed by atoms with Crippen molar-refractivity contribution >= 4 is 52.2 Å². The molecule has 0 fully saturated rings. The molecule has 4 N–H and O–H groups in total. The van der Waals surface area contributed by atoms with Crippen molar-refractivity contribution in [2.24, 2.45) is 0 Å². The molecule has 2 aromatic carbocycles. The Morgan fingerprint density at radius 1 is 0.935 bits per heavy atom. The van der Waals surface area contributed by atoms with E-state index in [0.29, 0.717) is 11.4 Å². The van der Waals surface area contributed by atoms with Crippen LogP contribution in [0.1, 0.15) is 20.7 Å². The van der Waals surface area contributed by atoms with Crippen LogP contribution in [0.3, 0.4) is 0 Å². The van der Waals surface area contributed by atoms with Crippen LogP contribution in [0.15, 0.2) is 42.7 Å². The zero-order valence-electron chi connectivity index (χ0n) is 16.4. The van der Waals surface area contributed by atoms with Crippen molar-refractivity contribution in [2.45, 2.75) is 0 Å². The third-order valence-corrected chi connectivity index (χ3v) is 4.39. The van der Waals surface area contributed by atoms with Crippen molar-refractivity contribution in [1.29, 1.82) is 0 Å². The zero-order valence-corrected chi connectivity index (χ0v) is 17.2. The van der Waals surface area contributed by atoms with Crippen LogP contribution < -0.4 is 16.4 Å². The molecule has 0 bridgehead atoms. The van der Waals surface area contributed by atoms with E-state index < -0.39 is 17.8 Å². The van der Waals surface area contributed by atoms with E-state index in [1.165, 1.54) is 56.9 Å². The first-order valence-corrected chi connectivity index (χ1v) is 9.11. The number of hydrogen-bond acceptors (Lipinski definition) is 9. The number of carbonyl (C=O) groups is 2. The highest BCUT2D eigenvalue weighted by Gasteiger charge is 2.16. The van der Waals surface area contributed by atoms with Crippen molar-refractivity contribution in [2.75, 3.05) is 30.6 Å². The maximum absolute atomic E-state index is 13.4. The first-order chi connectivity index (χ1) is 14.8. The van der Waals surface area contributed by atoms with Crippen LogP contribution in [0.5, 0.6) is 0 Å². The summed E-state index contributed by atoms with van der Waals surface area (Å²) in [6.45, 7) is 0. The first-order valence-electron chi connectivity index (χ1n) is 8.73. The zero-order chi connectivity index (χ0) is 22.5. The Morgan fingerprint density at radius 2 is 1.48 bits per heavy atom. The highest BCUT2D eigenvalue weighted by molar-refractivity contribution is 6.31. The summed E-state index contributed by atoms with van der Waals surface area (Å²) >= 11 is 5.80. The molecule has 0 saturated carbocycles. The first kappa shape index (κ1) is 21.8. The molecule has 0 unspecified atom stereocenters. The summed E-state index contributed by atoms with van der Waals surface area (Å²) < 4.78 is 22.8. The van der Waals surface area contributed by atoms with E-state index in [4.69, 9.17) is 26.8 Å². The number of ether oxygens (including phenoxy) is 2. The standard InChI is InChI=1S/C20H17ClFN5O4/c1-30-19(28)10-5-11(20(29)31-2)7-13(6-10)27-18-16(23)17(24-9-25-18)26-12-3-4-15(22)14(21)8-12/h3-9H,23H2,1-2H3,(H2,24,25,26,27). The van der Waals surface area contributed by atoms with Gasteiger partial charge >= 0.3 is 11.9 Å². The number of esters is 2. The lowest BCUT2D eigenvalue weighted by molar-refractivity contribution is 0.0599. The number of aromatic nitrogens is 2. The summed E-state index contributed by atoms with van der Waals surface area (Å²) in [4.78, 5) is 32.1. The van der Waals surface area contributed by atoms with E-state index in [0.717, 1.165) is 0 Å². The molecular weight excluding hydrogens is 429 g/mol. The van der Waals surface area contributed by atoms with Crippen LogP contribution in [-0.2, 0) is 9.47 Å². The Kier molecular flexibility index (Phi) is 6.51. The van der Waals surface area contributed by atoms with Gasteiger partial charge in [0.15, 0.2) is 11.6 Å². The fourth-order valence-electron chi connectivity index (χ4n) is 2.61. The molecule has 31 heavy (non-hydrogen) atoms. The molecule has 11 heteroatoms. The van der Waals surface area contributed by atoms with Gasteiger partial charge in [-0.2, -0.15) is 0 Å². The van der Waals surface area contributed by atoms with Gasteiger partial charge in [0.1, 0.15) is 17.8 Å². The summed E-state index contributed by atoms with van der Waals surface area (Å²) in [7, 11) is 2.45. The number of carbonyl (C=O) groups excluding carboxylic acids is 2. The average molecular weight is 446 g/mol. The number of nitrogens with zero attached hydrogens (tertiary/aromatic N) is 2. The number of halogens is 2. The van der Waals surface area contributed by atoms with Gasteiger partial charge in [-0.3, -0.25) is 0 Å². The Balaban J connectivity index is 1.93. The molecule has 0 spiro atoms. The molecule has 0 aliphatic rings. The molecule has 0 aliphatic carbocycles. The van der Waals surface area contributed by atoms with Crippen LogP contribution in [0.4, 0.5) is 33.1 Å². The van der Waals surface area contributed by atoms with Gasteiger partial charge in [0.05, 0.1) is 30.4 Å². The van der Waals surface area contributed by atoms with Gasteiger partial charge in [0.25, 0.3) is 0 Å². The number of anilines is 5. The fraction of sp³-hybridized carbons (Fsp3) is 0.100. The van der Waals surface area contributed by atoms with Crippen molar-refractivity contribution < 1.29 is 23.5 Å². The highest BCUT2D eigenvalue weighted by atomic mass is 35.5. The lowest BCUT2D eigenvalue weighted by Crippen LogP contribution is -2.09. The molecule has 3 rings (SSSR count). The van der Waals surface area contributed by atoms with Crippen LogP contribution in [-0.4, -0.2) is 36.1 Å². The minimum Gasteiger partial charge on any atom is -0.465 e. The molecule has 0 radical (unpaired) electrons. The quantitative estimate of drug-likeness (QED) is 0.483. The molecule has 160 valence electrons. The van der Waals surface area contributed by atoms with Crippen LogP contribution >= 0.6 is 11.6 Å². The van der Waals surface area contributed by atoms with Crippen molar-refractivity contribution in [3.05, 3.63) is 64.7 Å². The molecule has 1 heterocycles. The number of rotatable bonds is 6. The van der Waals surface area contributed by atoms with E-state index in [1.54, 1.807) is 0 Å². The Hall–Kier alpha value is -3.92. The SMILES string of the molecule is COC(=O)c1cc(Nc2ncnc(Nc3ccc(F)c(Cl)c3)c2N)cc(C(=O)OC)c1. The summed E-state index contributed by atoms with van der Waals surface area (Å²) in [5, 5.41) is 5.80. The van der Waals surface area contributed by atoms with Gasteiger partial charge in [0, 0.05) is 11.4 Å². The number of hydrogen-bond donors (Lipinski definition) is 3. The van der Waals surface area contributed by atoms with Crippen molar-refractivity contribution in [3.63, 3.8) is 0 Å². The lowest BCUT2D eigenvalue weighted by atomic mass is 10.1. The van der Waals surface area contributed by atoms with Gasteiger partial charge in [-0.1, -0.05) is 11.6 Å². The van der Waals surface area contributed by atoms with Gasteiger partial charge in [-0.25, -0.2) is 23.9 Å². The summed E-state index contributed by atoms with van der Waals surface area (Å²) in [5.74, 6) is -1.40. The van der Waals surface area contributed by atoms with Gasteiger partial charge < -0.3 is 25.8 Å². The Morgan fingerprint density at radius 3 is 2.00 bits per heavy atom. The second-order valence-electron chi connectivity index (χ2n) is 6.15. The van der Waals surface area contributed by atoms with E-state index in [9.17, 15) is 14.0 Å². The summed E-state index contributed by atoms with van der Waals surface area (Å²) in [5.41, 5.74) is 7.33. The van der Waals surface area contributed by atoms with E-state index in [2.05, 4.69) is 20.6 Å². The Bertz CT molecular complexity index is 1120. The third kappa shape index (κ3) is 4.98. The van der Waals surface area contributed by atoms with Gasteiger partial charge in [0.2, 0.25) is 0 Å². The minimum atomic E-state index is -0.639. The third-order valence-electron chi connectivity index (χ3n) is 4.10. The maximum Gasteiger partial charge on any atom is 0.337 e. The van der Waals surface area contributed by atoms with Crippen LogP contribution in [0.2, 0.25) is 5.02 Å². The van der Waals surface area contributed by atoms with Crippen LogP contribution in [0, 0.1) is 5.82 Å². The number of nitrogens with two attached hydrogens (primary N) is 1. The summed E-state index contributed by atoms with van der Waals surface area (Å²) in [6.07, 6.45) is 1.25. The van der Waals surface area contributed by atoms with E-state index in [-0.39, 0.29) is 33.5 Å². The van der Waals surface area contributed by atoms with Gasteiger partial charge in [-0.05, 0) is 36.4 Å². The van der Waals surface area contributed by atoms with Crippen molar-refractivity contribution in [3.8, 4) is 0 Å². The molecule has 0 amide bonds. The molecular formula is C20H17ClFN5O4. The maximum atomic E-state index is 13.4. The van der Waals surface area contributed by atoms with E-state index >= 15 is 0 Å². The van der Waals surface area contributed by atoms with Gasteiger partial charge in [-0.15, -0.1) is 0 Å². The number of methoxy groups -OCH3 is 2. The fourth-order valence-corrected chi connectivity index (χ4v) is 2.79. The van der Waals surface area contributed by atoms with Crippen LogP contribution in [0.25, 0.3) is 0 Å². The normalized spacial score (nSPS) is 10.3. The average Bonchev–Trinajstić information content (AvgIpc) is 2.77. The number of nitrogen functional groups attached to an aromatic ring is 1. The molecule has 0 atom stereocenters. The predicted octanol–water partition coefficient (Wildman–Crippen LogP) is 3.91. The minimum absolute atomic E-state index is 0.0639. The number of benzene rings is 2. The number of nitrogens with one attached hydrogen (secondary N) is 2. The Labute approximate surface area is 181 Å². The lowest BCUT2D eigenvalue weighted by Gasteiger charge is -2.14. The molecule has 0 saturated heterocycles. The topological polar surface area (TPSA) is 128 Å². The second-order valence-corrected chi connectivity index (χ2v) is 6.55. The smallest absolute Gasteiger partial charge is 0.337 e. The van der Waals surface area contributed by atoms with E-state index in [1.807, 2.05) is 0 Å². The molecule has 9 nitrogen and oxygen atoms in total. The molecule has 1 aromatic heterocycles. The largest absolute Gasteiger partial charge is 0.465 e. The monoisotopic (exact) mass is 445 g/mol. The molecule has 3 aromatic rings.